The smallest absolute Gasteiger partial charge is 0.325 e. The molecule has 1 aromatic rings. The van der Waals surface area contributed by atoms with Crippen LogP contribution in [0.1, 0.15) is 50.1 Å². The Kier molecular flexibility index (Phi) is 6.02. The van der Waals surface area contributed by atoms with Gasteiger partial charge >= 0.3 is 11.9 Å². The molecule has 0 radical (unpaired) electrons. The highest BCUT2D eigenvalue weighted by molar-refractivity contribution is 9.10. The second kappa shape index (κ2) is 8.47. The predicted molar refractivity (Wildman–Crippen MR) is 115 cm³/mol. The van der Waals surface area contributed by atoms with Gasteiger partial charge < -0.3 is 14.9 Å². The molecule has 4 atom stereocenters. The molecule has 2 aliphatic heterocycles. The van der Waals surface area contributed by atoms with E-state index in [1.165, 1.54) is 12.0 Å². The third-order valence-electron chi connectivity index (χ3n) is 6.97. The number of carbonyl (C=O) groups excluding carboxylic acids is 2. The van der Waals surface area contributed by atoms with Crippen molar-refractivity contribution in [3.63, 3.8) is 0 Å². The van der Waals surface area contributed by atoms with Crippen molar-refractivity contribution in [3.8, 4) is 5.75 Å². The first-order chi connectivity index (χ1) is 15.2. The zero-order chi connectivity index (χ0) is 23.2. The Morgan fingerprint density at radius 1 is 1.19 bits per heavy atom. The number of rotatable bonds is 6. The molecule has 172 valence electrons. The summed E-state index contributed by atoms with van der Waals surface area (Å²) in [5.41, 5.74) is -1.61. The Labute approximate surface area is 193 Å². The maximum absolute atomic E-state index is 13.6. The van der Waals surface area contributed by atoms with Crippen molar-refractivity contribution in [1.29, 1.82) is 0 Å². The maximum atomic E-state index is 13.6. The number of carboxylic acids is 2. The molecule has 9 nitrogen and oxygen atoms in total. The third kappa shape index (κ3) is 3.49. The summed E-state index contributed by atoms with van der Waals surface area (Å²) in [4.78, 5) is 52.6. The first-order valence-corrected chi connectivity index (χ1v) is 11.4. The number of amides is 2. The van der Waals surface area contributed by atoms with Crippen molar-refractivity contribution in [2.75, 3.05) is 7.11 Å². The molecule has 32 heavy (non-hydrogen) atoms. The SMILES string of the molecule is COc1ccc(Br)cc1C1NC(CC(=O)O)(C(=O)O)C2C(=O)N(C3CCCCC3)C(=O)C12. The van der Waals surface area contributed by atoms with Gasteiger partial charge in [-0.3, -0.25) is 29.4 Å². The largest absolute Gasteiger partial charge is 0.496 e. The molecular formula is C22H25BrN2O7. The van der Waals surface area contributed by atoms with Crippen LogP contribution in [-0.4, -0.2) is 57.6 Å². The quantitative estimate of drug-likeness (QED) is 0.498. The van der Waals surface area contributed by atoms with E-state index in [9.17, 15) is 29.4 Å². The van der Waals surface area contributed by atoms with Crippen molar-refractivity contribution >= 4 is 39.7 Å². The Morgan fingerprint density at radius 2 is 1.88 bits per heavy atom. The zero-order valence-electron chi connectivity index (χ0n) is 17.5. The minimum absolute atomic E-state index is 0.282. The fraction of sp³-hybridized carbons (Fsp3) is 0.545. The number of benzene rings is 1. The van der Waals surface area contributed by atoms with E-state index in [-0.39, 0.29) is 6.04 Å². The lowest BCUT2D eigenvalue weighted by atomic mass is 9.77. The van der Waals surface area contributed by atoms with Gasteiger partial charge in [-0.1, -0.05) is 35.2 Å². The molecule has 1 aliphatic carbocycles. The normalized spacial score (nSPS) is 30.4. The van der Waals surface area contributed by atoms with Gasteiger partial charge in [0.15, 0.2) is 0 Å². The van der Waals surface area contributed by atoms with E-state index in [2.05, 4.69) is 21.2 Å². The monoisotopic (exact) mass is 508 g/mol. The van der Waals surface area contributed by atoms with Crippen LogP contribution >= 0.6 is 15.9 Å². The molecule has 1 aromatic carbocycles. The number of ether oxygens (including phenoxy) is 1. The van der Waals surface area contributed by atoms with Gasteiger partial charge in [0, 0.05) is 22.1 Å². The minimum Gasteiger partial charge on any atom is -0.496 e. The highest BCUT2D eigenvalue weighted by atomic mass is 79.9. The molecule has 10 heteroatoms. The lowest BCUT2D eigenvalue weighted by Crippen LogP contribution is -2.57. The summed E-state index contributed by atoms with van der Waals surface area (Å²) >= 11 is 3.39. The van der Waals surface area contributed by atoms with Gasteiger partial charge in [0.25, 0.3) is 0 Å². The van der Waals surface area contributed by atoms with Gasteiger partial charge in [-0.2, -0.15) is 0 Å². The molecule has 2 heterocycles. The number of nitrogens with one attached hydrogen (secondary N) is 1. The third-order valence-corrected chi connectivity index (χ3v) is 7.46. The van der Waals surface area contributed by atoms with Crippen molar-refractivity contribution in [3.05, 3.63) is 28.2 Å². The summed E-state index contributed by atoms with van der Waals surface area (Å²) in [6.07, 6.45) is 3.32. The van der Waals surface area contributed by atoms with Gasteiger partial charge in [-0.15, -0.1) is 0 Å². The minimum atomic E-state index is -2.11. The summed E-state index contributed by atoms with van der Waals surface area (Å²) in [6, 6.07) is 3.94. The molecule has 0 bridgehead atoms. The molecule has 0 aromatic heterocycles. The fourth-order valence-electron chi connectivity index (χ4n) is 5.61. The van der Waals surface area contributed by atoms with Crippen LogP contribution < -0.4 is 10.1 Å². The van der Waals surface area contributed by atoms with Crippen LogP contribution in [0.3, 0.4) is 0 Å². The van der Waals surface area contributed by atoms with Gasteiger partial charge in [-0.05, 0) is 31.0 Å². The molecule has 3 aliphatic rings. The molecule has 1 saturated carbocycles. The predicted octanol–water partition coefficient (Wildman–Crippen LogP) is 2.33. The number of nitrogens with zero attached hydrogens (tertiary/aromatic N) is 1. The van der Waals surface area contributed by atoms with E-state index in [1.807, 2.05) is 0 Å². The van der Waals surface area contributed by atoms with Crippen molar-refractivity contribution in [1.82, 2.24) is 10.2 Å². The number of halogens is 1. The van der Waals surface area contributed by atoms with Crippen molar-refractivity contribution in [2.24, 2.45) is 11.8 Å². The summed E-state index contributed by atoms with van der Waals surface area (Å²) in [5, 5.41) is 22.6. The Bertz CT molecular complexity index is 977. The lowest BCUT2D eigenvalue weighted by Gasteiger charge is -2.34. The molecule has 2 saturated heterocycles. The summed E-state index contributed by atoms with van der Waals surface area (Å²) in [6.45, 7) is 0. The molecular weight excluding hydrogens is 484 g/mol. The van der Waals surface area contributed by atoms with E-state index in [0.29, 0.717) is 28.6 Å². The van der Waals surface area contributed by atoms with E-state index in [4.69, 9.17) is 4.74 Å². The average molecular weight is 509 g/mol. The number of carbonyl (C=O) groups is 4. The van der Waals surface area contributed by atoms with Crippen LogP contribution in [0.25, 0.3) is 0 Å². The highest BCUT2D eigenvalue weighted by Crippen LogP contribution is 2.52. The number of methoxy groups -OCH3 is 1. The summed E-state index contributed by atoms with van der Waals surface area (Å²) in [7, 11) is 1.46. The molecule has 3 N–H and O–H groups in total. The molecule has 0 spiro atoms. The number of imide groups is 1. The van der Waals surface area contributed by atoms with E-state index in [1.54, 1.807) is 18.2 Å². The Hall–Kier alpha value is -2.46. The topological polar surface area (TPSA) is 133 Å². The number of fused-ring (bicyclic) bond motifs is 1. The average Bonchev–Trinajstić information content (AvgIpc) is 3.22. The molecule has 4 rings (SSSR count). The second-order valence-corrected chi connectivity index (χ2v) is 9.61. The van der Waals surface area contributed by atoms with E-state index < -0.39 is 53.6 Å². The number of hydrogen-bond acceptors (Lipinski definition) is 6. The first-order valence-electron chi connectivity index (χ1n) is 10.6. The van der Waals surface area contributed by atoms with Crippen LogP contribution in [0, 0.1) is 11.8 Å². The van der Waals surface area contributed by atoms with Crippen LogP contribution in [0.2, 0.25) is 0 Å². The number of carboxylic acid groups (broad SMARTS) is 2. The molecule has 4 unspecified atom stereocenters. The van der Waals surface area contributed by atoms with Gasteiger partial charge in [-0.25, -0.2) is 0 Å². The van der Waals surface area contributed by atoms with Crippen LogP contribution in [0.5, 0.6) is 5.75 Å². The first kappa shape index (κ1) is 22.7. The number of aliphatic carboxylic acids is 2. The summed E-state index contributed by atoms with van der Waals surface area (Å²) < 4.78 is 6.12. The van der Waals surface area contributed by atoms with Crippen molar-refractivity contribution < 1.29 is 34.1 Å². The van der Waals surface area contributed by atoms with Gasteiger partial charge in [0.05, 0.1) is 25.4 Å². The second-order valence-electron chi connectivity index (χ2n) is 8.70. The standard InChI is InChI=1S/C22H25BrN2O7/c1-32-14-8-7-11(23)9-13(14)18-16-17(22(24-18,21(30)31)10-15(26)27)20(29)25(19(16)28)12-5-3-2-4-6-12/h7-9,12,16-18,24H,2-6,10H2,1H3,(H,26,27)(H,30,31). The lowest BCUT2D eigenvalue weighted by molar-refractivity contribution is -0.156. The fourth-order valence-corrected chi connectivity index (χ4v) is 5.99. The van der Waals surface area contributed by atoms with Crippen molar-refractivity contribution in [2.45, 2.75) is 56.1 Å². The van der Waals surface area contributed by atoms with Crippen LogP contribution in [-0.2, 0) is 19.2 Å². The molecule has 3 fully saturated rings. The number of likely N-dealkylation sites (tertiary alicyclic amines) is 1. The highest BCUT2D eigenvalue weighted by Gasteiger charge is 2.69. The zero-order valence-corrected chi connectivity index (χ0v) is 19.1. The Balaban J connectivity index is 1.86. The maximum Gasteiger partial charge on any atom is 0.325 e. The van der Waals surface area contributed by atoms with E-state index >= 15 is 0 Å². The van der Waals surface area contributed by atoms with Crippen LogP contribution in [0.15, 0.2) is 22.7 Å². The van der Waals surface area contributed by atoms with E-state index in [0.717, 1.165) is 19.3 Å². The number of hydrogen-bond donors (Lipinski definition) is 3. The Morgan fingerprint density at radius 3 is 2.47 bits per heavy atom. The summed E-state index contributed by atoms with van der Waals surface area (Å²) in [5.74, 6) is -5.81. The van der Waals surface area contributed by atoms with Gasteiger partial charge in [0.1, 0.15) is 11.3 Å². The van der Waals surface area contributed by atoms with Crippen LogP contribution in [0.4, 0.5) is 0 Å². The van der Waals surface area contributed by atoms with Gasteiger partial charge in [0.2, 0.25) is 11.8 Å². The molecule has 2 amide bonds.